The smallest absolute Gasteiger partial charge is 0.328 e. The molecule has 7 heteroatoms. The van der Waals surface area contributed by atoms with E-state index in [9.17, 15) is 9.90 Å². The Bertz CT molecular complexity index is 636. The Kier molecular flexibility index (Phi) is 3.78. The summed E-state index contributed by atoms with van der Waals surface area (Å²) in [5.41, 5.74) is 1.17. The Morgan fingerprint density at radius 3 is 2.35 bits per heavy atom. The molecule has 0 amide bonds. The molecule has 0 radical (unpaired) electrons. The van der Waals surface area contributed by atoms with E-state index in [1.165, 1.54) is 18.9 Å². The van der Waals surface area contributed by atoms with Crippen LogP contribution in [-0.4, -0.2) is 40.3 Å². The number of hydrogen-bond donors (Lipinski definition) is 1. The molecule has 0 bridgehead atoms. The predicted molar refractivity (Wildman–Crippen MR) is 72.1 cm³/mol. The topological polar surface area (TPSA) is 86.5 Å². The third kappa shape index (κ3) is 2.26. The van der Waals surface area contributed by atoms with Crippen LogP contribution in [0.5, 0.6) is 11.5 Å². The molecule has 0 saturated carbocycles. The van der Waals surface area contributed by atoms with E-state index in [4.69, 9.17) is 9.47 Å². The summed E-state index contributed by atoms with van der Waals surface area (Å²) in [4.78, 5) is 11.4. The minimum atomic E-state index is -0.943. The number of aromatic nitrogens is 3. The van der Waals surface area contributed by atoms with Crippen molar-refractivity contribution < 1.29 is 19.4 Å². The van der Waals surface area contributed by atoms with Crippen LogP contribution >= 0.6 is 0 Å². The van der Waals surface area contributed by atoms with Crippen molar-refractivity contribution in [3.63, 3.8) is 0 Å². The number of benzene rings is 1. The van der Waals surface area contributed by atoms with Crippen LogP contribution in [-0.2, 0) is 4.79 Å². The van der Waals surface area contributed by atoms with Crippen molar-refractivity contribution in [2.75, 3.05) is 14.2 Å². The molecule has 0 aliphatic rings. The van der Waals surface area contributed by atoms with Gasteiger partial charge < -0.3 is 14.6 Å². The van der Waals surface area contributed by atoms with Crippen LogP contribution in [0.1, 0.15) is 19.9 Å². The highest BCUT2D eigenvalue weighted by Gasteiger charge is 2.27. The van der Waals surface area contributed by atoms with E-state index in [-0.39, 0.29) is 5.92 Å². The summed E-state index contributed by atoms with van der Waals surface area (Å²) in [5.74, 6) is -0.0213. The normalized spacial score (nSPS) is 12.7. The average Bonchev–Trinajstić information content (AvgIpc) is 2.79. The predicted octanol–water partition coefficient (Wildman–Crippen LogP) is 1.73. The van der Waals surface area contributed by atoms with E-state index < -0.39 is 12.0 Å². The maximum absolute atomic E-state index is 11.4. The number of nitrogens with zero attached hydrogens (tertiary/aromatic N) is 3. The summed E-state index contributed by atoms with van der Waals surface area (Å²) in [6.45, 7) is 3.65. The van der Waals surface area contributed by atoms with Gasteiger partial charge in [-0.2, -0.15) is 0 Å². The Hall–Kier alpha value is -2.31. The second-order valence-corrected chi connectivity index (χ2v) is 4.76. The Labute approximate surface area is 116 Å². The number of rotatable bonds is 5. The molecule has 1 aromatic heterocycles. The Morgan fingerprint density at radius 2 is 1.85 bits per heavy atom. The zero-order valence-corrected chi connectivity index (χ0v) is 11.8. The summed E-state index contributed by atoms with van der Waals surface area (Å²) in [6, 6.07) is 2.58. The molecular formula is C13H17N3O4. The van der Waals surface area contributed by atoms with Crippen LogP contribution in [0.3, 0.4) is 0 Å². The maximum atomic E-state index is 11.4. The third-order valence-corrected chi connectivity index (χ3v) is 3.12. The lowest BCUT2D eigenvalue weighted by molar-refractivity contribution is -0.142. The van der Waals surface area contributed by atoms with Crippen molar-refractivity contribution in [1.29, 1.82) is 0 Å². The molecule has 0 aliphatic carbocycles. The first-order chi connectivity index (χ1) is 9.49. The second kappa shape index (κ2) is 5.36. The van der Waals surface area contributed by atoms with Gasteiger partial charge in [0.1, 0.15) is 5.52 Å². The lowest BCUT2D eigenvalue weighted by Crippen LogP contribution is -2.25. The number of fused-ring (bicyclic) bond motifs is 1. The van der Waals surface area contributed by atoms with Gasteiger partial charge in [-0.1, -0.05) is 19.1 Å². The number of carboxylic acids is 1. The largest absolute Gasteiger partial charge is 0.493 e. The molecule has 1 N–H and O–H groups in total. The Morgan fingerprint density at radius 1 is 1.25 bits per heavy atom. The molecule has 0 saturated heterocycles. The van der Waals surface area contributed by atoms with Gasteiger partial charge in [-0.15, -0.1) is 5.10 Å². The summed E-state index contributed by atoms with van der Waals surface area (Å²) < 4.78 is 11.8. The third-order valence-electron chi connectivity index (χ3n) is 3.12. The average molecular weight is 279 g/mol. The lowest BCUT2D eigenvalue weighted by Gasteiger charge is -2.17. The fraction of sp³-hybridized carbons (Fsp3) is 0.462. The van der Waals surface area contributed by atoms with Crippen molar-refractivity contribution in [2.45, 2.75) is 19.9 Å². The van der Waals surface area contributed by atoms with Gasteiger partial charge in [0.05, 0.1) is 19.7 Å². The maximum Gasteiger partial charge on any atom is 0.328 e. The summed E-state index contributed by atoms with van der Waals surface area (Å²) in [7, 11) is 3.05. The number of methoxy groups -OCH3 is 2. The first-order valence-corrected chi connectivity index (χ1v) is 6.19. The van der Waals surface area contributed by atoms with E-state index in [2.05, 4.69) is 10.3 Å². The highest BCUT2D eigenvalue weighted by molar-refractivity contribution is 5.82. The van der Waals surface area contributed by atoms with Gasteiger partial charge in [0.25, 0.3) is 0 Å². The molecule has 2 aromatic rings. The number of carboxylic acid groups (broad SMARTS) is 1. The number of ether oxygens (including phenoxy) is 2. The van der Waals surface area contributed by atoms with Gasteiger partial charge in [-0.25, -0.2) is 9.48 Å². The van der Waals surface area contributed by atoms with Crippen molar-refractivity contribution in [1.82, 2.24) is 15.0 Å². The second-order valence-electron chi connectivity index (χ2n) is 4.76. The molecule has 0 aliphatic heterocycles. The lowest BCUT2D eigenvalue weighted by atomic mass is 10.0. The molecule has 108 valence electrons. The number of hydrogen-bond acceptors (Lipinski definition) is 5. The van der Waals surface area contributed by atoms with Crippen LogP contribution in [0.2, 0.25) is 0 Å². The molecule has 1 heterocycles. The van der Waals surface area contributed by atoms with Crippen LogP contribution in [0.4, 0.5) is 0 Å². The summed E-state index contributed by atoms with van der Waals surface area (Å²) >= 11 is 0. The fourth-order valence-electron chi connectivity index (χ4n) is 2.14. The number of carbonyl (C=O) groups is 1. The van der Waals surface area contributed by atoms with Gasteiger partial charge in [0.15, 0.2) is 17.5 Å². The monoisotopic (exact) mass is 279 g/mol. The zero-order chi connectivity index (χ0) is 14.9. The van der Waals surface area contributed by atoms with E-state index >= 15 is 0 Å². The molecule has 1 unspecified atom stereocenters. The molecule has 1 aromatic carbocycles. The van der Waals surface area contributed by atoms with Gasteiger partial charge >= 0.3 is 5.97 Å². The quantitative estimate of drug-likeness (QED) is 0.897. The molecule has 0 spiro atoms. The van der Waals surface area contributed by atoms with Gasteiger partial charge in [0.2, 0.25) is 0 Å². The highest BCUT2D eigenvalue weighted by atomic mass is 16.5. The molecule has 2 rings (SSSR count). The number of aliphatic carboxylic acids is 1. The fourth-order valence-corrected chi connectivity index (χ4v) is 2.14. The molecule has 20 heavy (non-hydrogen) atoms. The minimum Gasteiger partial charge on any atom is -0.493 e. The van der Waals surface area contributed by atoms with E-state index in [0.29, 0.717) is 22.5 Å². The summed E-state index contributed by atoms with van der Waals surface area (Å²) in [6.07, 6.45) is 0. The van der Waals surface area contributed by atoms with E-state index in [1.807, 2.05) is 13.8 Å². The van der Waals surface area contributed by atoms with Gasteiger partial charge in [0, 0.05) is 12.1 Å². The van der Waals surface area contributed by atoms with Crippen molar-refractivity contribution in [3.05, 3.63) is 12.1 Å². The van der Waals surface area contributed by atoms with Crippen LogP contribution < -0.4 is 9.47 Å². The minimum absolute atomic E-state index is 0.120. The van der Waals surface area contributed by atoms with Crippen molar-refractivity contribution in [3.8, 4) is 11.5 Å². The molecular weight excluding hydrogens is 262 g/mol. The van der Waals surface area contributed by atoms with E-state index in [1.54, 1.807) is 12.1 Å². The summed E-state index contributed by atoms with van der Waals surface area (Å²) in [5, 5.41) is 17.3. The van der Waals surface area contributed by atoms with Crippen LogP contribution in [0.15, 0.2) is 12.1 Å². The Balaban J connectivity index is 2.64. The first kappa shape index (κ1) is 14.1. The highest BCUT2D eigenvalue weighted by Crippen LogP contribution is 2.32. The SMILES string of the molecule is COc1cc2nnn(C(C(=O)O)C(C)C)c2cc1OC. The zero-order valence-electron chi connectivity index (χ0n) is 11.8. The molecule has 0 fully saturated rings. The van der Waals surface area contributed by atoms with Crippen molar-refractivity contribution >= 4 is 17.0 Å². The molecule has 1 atom stereocenters. The van der Waals surface area contributed by atoms with Gasteiger partial charge in [-0.3, -0.25) is 0 Å². The van der Waals surface area contributed by atoms with Crippen LogP contribution in [0, 0.1) is 5.92 Å². The molecule has 7 nitrogen and oxygen atoms in total. The first-order valence-electron chi connectivity index (χ1n) is 6.19. The van der Waals surface area contributed by atoms with E-state index in [0.717, 1.165) is 0 Å². The van der Waals surface area contributed by atoms with Crippen LogP contribution in [0.25, 0.3) is 11.0 Å². The van der Waals surface area contributed by atoms with Gasteiger partial charge in [-0.05, 0) is 5.92 Å². The standard InChI is InChI=1S/C13H17N3O4/c1-7(2)12(13(17)18)16-9-6-11(20-4)10(19-3)5-8(9)14-15-16/h5-7,12H,1-4H3,(H,17,18). The van der Waals surface area contributed by atoms with Crippen molar-refractivity contribution in [2.24, 2.45) is 5.92 Å².